The lowest BCUT2D eigenvalue weighted by molar-refractivity contribution is -0.138. The highest BCUT2D eigenvalue weighted by Gasteiger charge is 2.37. The minimum Gasteiger partial charge on any atom is -0.354 e. The Labute approximate surface area is 152 Å². The summed E-state index contributed by atoms with van der Waals surface area (Å²) >= 11 is 0. The number of alkyl halides is 3. The zero-order valence-electron chi connectivity index (χ0n) is 14.0. The molecule has 2 aromatic carbocycles. The van der Waals surface area contributed by atoms with Gasteiger partial charge in [0.2, 0.25) is 6.41 Å². The summed E-state index contributed by atoms with van der Waals surface area (Å²) in [6, 6.07) is 10.4. The first-order valence-electron chi connectivity index (χ1n) is 8.13. The van der Waals surface area contributed by atoms with Crippen molar-refractivity contribution in [3.8, 4) is 0 Å². The lowest BCUT2D eigenvalue weighted by atomic mass is 9.99. The first-order chi connectivity index (χ1) is 12.8. The Hall–Kier alpha value is -3.16. The molecular formula is C19H15F3N2O3. The SMILES string of the molecule is O=CNC(Cc1ccccc1C(F)(F)F)CN1C(=O)c2ccccc2C1=O. The second kappa shape index (κ2) is 7.22. The summed E-state index contributed by atoms with van der Waals surface area (Å²) in [6.07, 6.45) is -4.38. The molecule has 1 unspecified atom stereocenters. The van der Waals surface area contributed by atoms with E-state index in [-0.39, 0.29) is 29.7 Å². The third kappa shape index (κ3) is 3.69. The van der Waals surface area contributed by atoms with Gasteiger partial charge in [-0.3, -0.25) is 19.3 Å². The molecule has 5 nitrogen and oxygen atoms in total. The van der Waals surface area contributed by atoms with E-state index in [0.717, 1.165) is 11.0 Å². The van der Waals surface area contributed by atoms with Crippen molar-refractivity contribution < 1.29 is 27.6 Å². The van der Waals surface area contributed by atoms with Crippen LogP contribution in [-0.4, -0.2) is 35.7 Å². The van der Waals surface area contributed by atoms with Crippen LogP contribution in [0.3, 0.4) is 0 Å². The zero-order chi connectivity index (χ0) is 19.6. The van der Waals surface area contributed by atoms with Crippen LogP contribution in [0, 0.1) is 0 Å². The van der Waals surface area contributed by atoms with Crippen molar-refractivity contribution in [1.82, 2.24) is 10.2 Å². The lowest BCUT2D eigenvalue weighted by Gasteiger charge is -2.23. The minimum absolute atomic E-state index is 0.0269. The normalized spacial score (nSPS) is 14.9. The predicted octanol–water partition coefficient (Wildman–Crippen LogP) is 2.66. The Bertz CT molecular complexity index is 861. The van der Waals surface area contributed by atoms with E-state index >= 15 is 0 Å². The molecule has 1 aliphatic heterocycles. The number of carbonyl (C=O) groups is 3. The summed E-state index contributed by atoms with van der Waals surface area (Å²) in [7, 11) is 0. The first kappa shape index (κ1) is 18.6. The molecule has 3 amide bonds. The number of nitrogens with one attached hydrogen (secondary N) is 1. The second-order valence-electron chi connectivity index (χ2n) is 6.11. The van der Waals surface area contributed by atoms with Gasteiger partial charge in [0, 0.05) is 6.54 Å². The smallest absolute Gasteiger partial charge is 0.354 e. The Kier molecular flexibility index (Phi) is 4.98. The van der Waals surface area contributed by atoms with Gasteiger partial charge in [0.1, 0.15) is 0 Å². The van der Waals surface area contributed by atoms with Crippen LogP contribution >= 0.6 is 0 Å². The number of amides is 3. The van der Waals surface area contributed by atoms with Gasteiger partial charge in [-0.05, 0) is 30.2 Å². The Balaban J connectivity index is 1.84. The molecule has 8 heteroatoms. The van der Waals surface area contributed by atoms with E-state index in [2.05, 4.69) is 5.32 Å². The molecule has 2 aromatic rings. The number of hydrogen-bond donors (Lipinski definition) is 1. The van der Waals surface area contributed by atoms with Crippen LogP contribution in [-0.2, 0) is 17.4 Å². The van der Waals surface area contributed by atoms with Crippen LogP contribution in [0.25, 0.3) is 0 Å². The number of halogens is 3. The summed E-state index contributed by atoms with van der Waals surface area (Å²) in [4.78, 5) is 36.7. The van der Waals surface area contributed by atoms with E-state index in [1.165, 1.54) is 30.3 Å². The van der Waals surface area contributed by atoms with Crippen molar-refractivity contribution in [3.63, 3.8) is 0 Å². The van der Waals surface area contributed by atoms with Gasteiger partial charge in [0.25, 0.3) is 11.8 Å². The number of rotatable bonds is 6. The number of nitrogens with zero attached hydrogens (tertiary/aromatic N) is 1. The molecule has 0 radical (unpaired) electrons. The van der Waals surface area contributed by atoms with Gasteiger partial charge in [-0.15, -0.1) is 0 Å². The molecule has 3 rings (SSSR count). The fraction of sp³-hybridized carbons (Fsp3) is 0.211. The fourth-order valence-corrected chi connectivity index (χ4v) is 3.14. The highest BCUT2D eigenvalue weighted by atomic mass is 19.4. The summed E-state index contributed by atoms with van der Waals surface area (Å²) in [5, 5.41) is 2.41. The maximum absolute atomic E-state index is 13.2. The summed E-state index contributed by atoms with van der Waals surface area (Å²) in [6.45, 7) is -0.225. The number of benzene rings is 2. The van der Waals surface area contributed by atoms with Crippen molar-refractivity contribution in [3.05, 3.63) is 70.8 Å². The molecule has 1 atom stereocenters. The molecule has 0 fully saturated rings. The third-order valence-corrected chi connectivity index (χ3v) is 4.37. The number of carbonyl (C=O) groups excluding carboxylic acids is 3. The van der Waals surface area contributed by atoms with Crippen LogP contribution in [0.2, 0.25) is 0 Å². The lowest BCUT2D eigenvalue weighted by Crippen LogP contribution is -2.44. The quantitative estimate of drug-likeness (QED) is 0.623. The molecule has 0 aromatic heterocycles. The average Bonchev–Trinajstić information content (AvgIpc) is 2.87. The molecule has 0 bridgehead atoms. The van der Waals surface area contributed by atoms with Gasteiger partial charge in [0.15, 0.2) is 0 Å². The van der Waals surface area contributed by atoms with E-state index in [0.29, 0.717) is 6.41 Å². The molecule has 1 heterocycles. The van der Waals surface area contributed by atoms with Gasteiger partial charge < -0.3 is 5.32 Å². The fourth-order valence-electron chi connectivity index (χ4n) is 3.14. The summed E-state index contributed by atoms with van der Waals surface area (Å²) in [5.41, 5.74) is -0.364. The molecular weight excluding hydrogens is 361 g/mol. The van der Waals surface area contributed by atoms with Crippen molar-refractivity contribution in [1.29, 1.82) is 0 Å². The average molecular weight is 376 g/mol. The first-order valence-corrected chi connectivity index (χ1v) is 8.13. The van der Waals surface area contributed by atoms with Crippen LogP contribution in [0.15, 0.2) is 48.5 Å². The van der Waals surface area contributed by atoms with Crippen molar-refractivity contribution in [2.45, 2.75) is 18.6 Å². The van der Waals surface area contributed by atoms with Gasteiger partial charge in [-0.25, -0.2) is 0 Å². The Morgan fingerprint density at radius 3 is 2.07 bits per heavy atom. The zero-order valence-corrected chi connectivity index (χ0v) is 14.0. The standard InChI is InChI=1S/C19H15F3N2O3/c20-19(21,22)16-8-4-1-5-12(16)9-13(23-11-25)10-24-17(26)14-6-2-3-7-15(14)18(24)27/h1-8,11,13H,9-10H2,(H,23,25). The highest BCUT2D eigenvalue weighted by Crippen LogP contribution is 2.32. The van der Waals surface area contributed by atoms with E-state index in [4.69, 9.17) is 0 Å². The molecule has 0 saturated carbocycles. The molecule has 0 saturated heterocycles. The van der Waals surface area contributed by atoms with Crippen LogP contribution in [0.1, 0.15) is 31.8 Å². The molecule has 27 heavy (non-hydrogen) atoms. The summed E-state index contributed by atoms with van der Waals surface area (Å²) < 4.78 is 39.6. The van der Waals surface area contributed by atoms with Gasteiger partial charge in [-0.1, -0.05) is 30.3 Å². The number of fused-ring (bicyclic) bond motifs is 1. The topological polar surface area (TPSA) is 66.5 Å². The molecule has 1 N–H and O–H groups in total. The van der Waals surface area contributed by atoms with Crippen LogP contribution in [0.4, 0.5) is 13.2 Å². The van der Waals surface area contributed by atoms with E-state index < -0.39 is 29.6 Å². The molecule has 0 spiro atoms. The van der Waals surface area contributed by atoms with Gasteiger partial charge in [0.05, 0.1) is 22.7 Å². The van der Waals surface area contributed by atoms with E-state index in [1.807, 2.05) is 0 Å². The molecule has 0 aliphatic carbocycles. The monoisotopic (exact) mass is 376 g/mol. The largest absolute Gasteiger partial charge is 0.416 e. The second-order valence-corrected chi connectivity index (χ2v) is 6.11. The Morgan fingerprint density at radius 2 is 1.52 bits per heavy atom. The Morgan fingerprint density at radius 1 is 0.963 bits per heavy atom. The highest BCUT2D eigenvalue weighted by molar-refractivity contribution is 6.21. The maximum atomic E-state index is 13.2. The predicted molar refractivity (Wildman–Crippen MR) is 89.9 cm³/mol. The van der Waals surface area contributed by atoms with Crippen molar-refractivity contribution in [2.24, 2.45) is 0 Å². The molecule has 1 aliphatic rings. The van der Waals surface area contributed by atoms with E-state index in [9.17, 15) is 27.6 Å². The molecule has 140 valence electrons. The minimum atomic E-state index is -4.54. The van der Waals surface area contributed by atoms with Crippen LogP contribution < -0.4 is 5.32 Å². The van der Waals surface area contributed by atoms with Gasteiger partial charge >= 0.3 is 6.18 Å². The van der Waals surface area contributed by atoms with Crippen molar-refractivity contribution >= 4 is 18.2 Å². The van der Waals surface area contributed by atoms with E-state index in [1.54, 1.807) is 12.1 Å². The maximum Gasteiger partial charge on any atom is 0.416 e. The van der Waals surface area contributed by atoms with Gasteiger partial charge in [-0.2, -0.15) is 13.2 Å². The third-order valence-electron chi connectivity index (χ3n) is 4.37. The number of imide groups is 1. The van der Waals surface area contributed by atoms with Crippen LogP contribution in [0.5, 0.6) is 0 Å². The number of hydrogen-bond acceptors (Lipinski definition) is 3. The summed E-state index contributed by atoms with van der Waals surface area (Å²) in [5.74, 6) is -1.06. The van der Waals surface area contributed by atoms with Crippen molar-refractivity contribution in [2.75, 3.05) is 6.54 Å².